The summed E-state index contributed by atoms with van der Waals surface area (Å²) in [5, 5.41) is 0. The van der Waals surface area contributed by atoms with E-state index in [2.05, 4.69) is 258 Å². The molecule has 75 heavy (non-hydrogen) atoms. The minimum atomic E-state index is -0.0984. The molecule has 0 atom stereocenters. The maximum Gasteiger partial charge on any atom is 0.252 e. The lowest BCUT2D eigenvalue weighted by molar-refractivity contribution is 0.332. The summed E-state index contributed by atoms with van der Waals surface area (Å²) >= 11 is 0. The van der Waals surface area contributed by atoms with Gasteiger partial charge in [-0.25, -0.2) is 0 Å². The Labute approximate surface area is 449 Å². The van der Waals surface area contributed by atoms with Gasteiger partial charge in [0.25, 0.3) is 6.71 Å². The Balaban J connectivity index is 1.15. The first-order valence-electron chi connectivity index (χ1n) is 28.1. The fourth-order valence-corrected chi connectivity index (χ4v) is 14.7. The van der Waals surface area contributed by atoms with Crippen LogP contribution in [0.4, 0.5) is 34.1 Å². The predicted octanol–water partition coefficient (Wildman–Crippen LogP) is 17.7. The molecule has 5 aliphatic rings. The summed E-state index contributed by atoms with van der Waals surface area (Å²) in [7, 11) is 0. The zero-order valence-corrected chi connectivity index (χ0v) is 47.2. The van der Waals surface area contributed by atoms with Crippen molar-refractivity contribution in [3.05, 3.63) is 196 Å². The Bertz CT molecular complexity index is 3710. The average Bonchev–Trinajstić information content (AvgIpc) is 3.61. The summed E-state index contributed by atoms with van der Waals surface area (Å²) in [5.41, 5.74) is 31.0. The van der Waals surface area contributed by atoms with Crippen molar-refractivity contribution in [1.29, 1.82) is 0 Å². The molecule has 0 N–H and O–H groups in total. The maximum absolute atomic E-state index is 2.71. The van der Waals surface area contributed by atoms with Gasteiger partial charge in [0.2, 0.25) is 0 Å². The van der Waals surface area contributed by atoms with E-state index in [0.29, 0.717) is 0 Å². The Kier molecular flexibility index (Phi) is 10.2. The van der Waals surface area contributed by atoms with E-state index >= 15 is 0 Å². The summed E-state index contributed by atoms with van der Waals surface area (Å²) in [6.45, 7) is 34.0. The second-order valence-electron chi connectivity index (χ2n) is 27.6. The molecular weight excluding hydrogens is 904 g/mol. The Hall–Kier alpha value is -6.58. The fraction of sp³-hybridized carbons (Fsp3) is 0.333. The van der Waals surface area contributed by atoms with Gasteiger partial charge in [-0.05, 0) is 197 Å². The smallest absolute Gasteiger partial charge is 0.252 e. The van der Waals surface area contributed by atoms with E-state index < -0.39 is 0 Å². The van der Waals surface area contributed by atoms with Gasteiger partial charge in [-0.15, -0.1) is 0 Å². The van der Waals surface area contributed by atoms with Crippen LogP contribution in [0.2, 0.25) is 0 Å². The van der Waals surface area contributed by atoms with E-state index in [9.17, 15) is 0 Å². The van der Waals surface area contributed by atoms with E-state index in [0.717, 1.165) is 12.8 Å². The van der Waals surface area contributed by atoms with E-state index in [1.807, 2.05) is 0 Å². The minimum absolute atomic E-state index is 0.0259. The zero-order valence-electron chi connectivity index (χ0n) is 47.2. The molecule has 2 aliphatic heterocycles. The number of aryl methyl sites for hydroxylation is 1. The van der Waals surface area contributed by atoms with E-state index in [4.69, 9.17) is 0 Å². The zero-order chi connectivity index (χ0) is 52.5. The van der Waals surface area contributed by atoms with Crippen LogP contribution in [0, 0.1) is 6.92 Å². The van der Waals surface area contributed by atoms with Crippen LogP contribution >= 0.6 is 0 Å². The van der Waals surface area contributed by atoms with Crippen LogP contribution in [0.3, 0.4) is 0 Å². The molecule has 0 radical (unpaired) electrons. The average molecular weight is 979 g/mol. The van der Waals surface area contributed by atoms with Crippen molar-refractivity contribution in [1.82, 2.24) is 0 Å². The molecule has 0 bridgehead atoms. The van der Waals surface area contributed by atoms with Crippen LogP contribution in [-0.2, 0) is 32.5 Å². The van der Waals surface area contributed by atoms with Crippen LogP contribution in [-0.4, -0.2) is 6.71 Å². The molecule has 3 aliphatic carbocycles. The summed E-state index contributed by atoms with van der Waals surface area (Å²) in [6.07, 6.45) is 4.69. The summed E-state index contributed by atoms with van der Waals surface area (Å²) in [4.78, 5) is 5.38. The van der Waals surface area contributed by atoms with Gasteiger partial charge in [-0.3, -0.25) is 0 Å². The molecule has 0 fully saturated rings. The van der Waals surface area contributed by atoms with Crippen LogP contribution < -0.4 is 26.2 Å². The van der Waals surface area contributed by atoms with Gasteiger partial charge in [-0.1, -0.05) is 193 Å². The third kappa shape index (κ3) is 7.11. The van der Waals surface area contributed by atoms with E-state index in [-0.39, 0.29) is 39.2 Å². The third-order valence-electron chi connectivity index (χ3n) is 19.4. The highest BCUT2D eigenvalue weighted by Crippen LogP contribution is 2.55. The van der Waals surface area contributed by atoms with Crippen molar-refractivity contribution >= 4 is 57.2 Å². The molecular formula is C72H75BN2. The standard InChI is InChI=1S/C72H75BN2/c1-44-37-63-66-64(38-44)75(60-32-28-47(67(2,3)4)40-51(60)45-21-16-15-17-22-45)61-31-27-46(49-24-20-26-54-65(49)50-23-18-19-25-52(50)72(54,13)14)39-58(61)73(66)59-42-56-57(71(11,12)36-35-70(56,9)10)43-62(59)74(63)48-29-30-53-55(41-48)69(7,8)34-33-68(53,5)6/h15-32,37-43H,33-36H2,1-14H3. The molecule has 8 aromatic carbocycles. The van der Waals surface area contributed by atoms with Crippen molar-refractivity contribution in [3.8, 4) is 33.4 Å². The summed E-state index contributed by atoms with van der Waals surface area (Å²) in [6, 6.07) is 60.1. The Morgan fingerprint density at radius 3 is 1.67 bits per heavy atom. The minimum Gasteiger partial charge on any atom is -0.311 e. The first-order chi connectivity index (χ1) is 35.5. The lowest BCUT2D eigenvalue weighted by Gasteiger charge is -2.48. The third-order valence-corrected chi connectivity index (χ3v) is 19.4. The van der Waals surface area contributed by atoms with Crippen LogP contribution in [0.1, 0.15) is 160 Å². The molecule has 2 heterocycles. The maximum atomic E-state index is 2.71. The lowest BCUT2D eigenvalue weighted by Crippen LogP contribution is -2.62. The highest BCUT2D eigenvalue weighted by Gasteiger charge is 2.48. The number of nitrogens with zero attached hydrogens (tertiary/aromatic N) is 2. The Morgan fingerprint density at radius 2 is 0.973 bits per heavy atom. The lowest BCUT2D eigenvalue weighted by atomic mass is 9.33. The largest absolute Gasteiger partial charge is 0.311 e. The van der Waals surface area contributed by atoms with Crippen LogP contribution in [0.5, 0.6) is 0 Å². The van der Waals surface area contributed by atoms with Crippen molar-refractivity contribution in [2.24, 2.45) is 0 Å². The van der Waals surface area contributed by atoms with Gasteiger partial charge in [0.05, 0.1) is 5.69 Å². The highest BCUT2D eigenvalue weighted by molar-refractivity contribution is 7.00. The predicted molar refractivity (Wildman–Crippen MR) is 323 cm³/mol. The Morgan fingerprint density at radius 1 is 0.400 bits per heavy atom. The molecule has 0 saturated heterocycles. The van der Waals surface area contributed by atoms with Gasteiger partial charge in [0.15, 0.2) is 0 Å². The van der Waals surface area contributed by atoms with E-state index in [1.54, 1.807) is 0 Å². The highest BCUT2D eigenvalue weighted by atomic mass is 15.2. The first kappa shape index (κ1) is 48.1. The van der Waals surface area contributed by atoms with Crippen molar-refractivity contribution in [2.75, 3.05) is 9.80 Å². The van der Waals surface area contributed by atoms with Crippen molar-refractivity contribution in [3.63, 3.8) is 0 Å². The van der Waals surface area contributed by atoms with Gasteiger partial charge in [0, 0.05) is 39.4 Å². The van der Waals surface area contributed by atoms with Gasteiger partial charge < -0.3 is 9.80 Å². The number of rotatable bonds is 4. The second-order valence-corrected chi connectivity index (χ2v) is 27.6. The van der Waals surface area contributed by atoms with Gasteiger partial charge in [-0.2, -0.15) is 0 Å². The number of anilines is 6. The van der Waals surface area contributed by atoms with Gasteiger partial charge >= 0.3 is 0 Å². The van der Waals surface area contributed by atoms with E-state index in [1.165, 1.54) is 141 Å². The number of hydrogen-bond acceptors (Lipinski definition) is 2. The van der Waals surface area contributed by atoms with Crippen molar-refractivity contribution in [2.45, 2.75) is 155 Å². The molecule has 8 aromatic rings. The summed E-state index contributed by atoms with van der Waals surface area (Å²) in [5.74, 6) is 0. The molecule has 0 unspecified atom stereocenters. The molecule has 0 aromatic heterocycles. The quantitative estimate of drug-likeness (QED) is 0.162. The number of benzene rings is 8. The summed E-state index contributed by atoms with van der Waals surface area (Å²) < 4.78 is 0. The second kappa shape index (κ2) is 16.0. The van der Waals surface area contributed by atoms with Crippen molar-refractivity contribution < 1.29 is 0 Å². The van der Waals surface area contributed by atoms with Crippen LogP contribution in [0.25, 0.3) is 33.4 Å². The number of fused-ring (bicyclic) bond motifs is 9. The molecule has 0 amide bonds. The SMILES string of the molecule is Cc1cc2c3c(c1)N(c1ccc(C(C)(C)C)cc1-c1ccccc1)c1ccc(-c4cccc5c4-c4ccccc4C5(C)C)cc1B3c1cc3c(cc1N2c1ccc2c(c1)C(C)(C)CCC2(C)C)C(C)(C)CCC3(C)C. The normalized spacial score (nSPS) is 18.5. The van der Waals surface area contributed by atoms with Crippen LogP contribution in [0.15, 0.2) is 152 Å². The molecule has 3 heteroatoms. The topological polar surface area (TPSA) is 6.48 Å². The first-order valence-corrected chi connectivity index (χ1v) is 28.1. The molecule has 376 valence electrons. The number of hydrogen-bond donors (Lipinski definition) is 0. The molecule has 0 spiro atoms. The molecule has 13 rings (SSSR count). The van der Waals surface area contributed by atoms with Gasteiger partial charge in [0.1, 0.15) is 0 Å². The molecule has 2 nitrogen and oxygen atoms in total. The molecule has 0 saturated carbocycles. The monoisotopic (exact) mass is 979 g/mol. The fourth-order valence-electron chi connectivity index (χ4n) is 14.7.